The molecule has 9 heteroatoms. The van der Waals surface area contributed by atoms with E-state index >= 15 is 0 Å². The largest absolute Gasteiger partial charge is 0.507 e. The van der Waals surface area contributed by atoms with Crippen LogP contribution in [0.1, 0.15) is 17.2 Å². The van der Waals surface area contributed by atoms with Crippen molar-refractivity contribution in [3.8, 4) is 0 Å². The monoisotopic (exact) mass is 435 g/mol. The van der Waals surface area contributed by atoms with E-state index in [1.54, 1.807) is 42.5 Å². The van der Waals surface area contributed by atoms with Crippen molar-refractivity contribution < 1.29 is 23.1 Å². The molecule has 1 aliphatic rings. The molecule has 1 unspecified atom stereocenters. The maximum absolute atomic E-state index is 13.0. The summed E-state index contributed by atoms with van der Waals surface area (Å²) in [6.45, 7) is 0. The number of rotatable bonds is 4. The number of sulfonamides is 1. The van der Waals surface area contributed by atoms with Gasteiger partial charge in [0.2, 0.25) is 10.0 Å². The van der Waals surface area contributed by atoms with Crippen LogP contribution in [-0.4, -0.2) is 30.2 Å². The minimum Gasteiger partial charge on any atom is -0.507 e. The second-order valence-corrected chi connectivity index (χ2v) is 8.42. The smallest absolute Gasteiger partial charge is 0.300 e. The third-order valence-corrected chi connectivity index (χ3v) is 5.89. The summed E-state index contributed by atoms with van der Waals surface area (Å²) in [5, 5.41) is 16.1. The molecule has 8 nitrogen and oxygen atoms in total. The molecule has 1 saturated heterocycles. The van der Waals surface area contributed by atoms with Crippen molar-refractivity contribution in [2.75, 3.05) is 4.90 Å². The molecular formula is C22H17N3O5S. The van der Waals surface area contributed by atoms with Crippen molar-refractivity contribution in [1.82, 2.24) is 4.98 Å². The molecule has 1 fully saturated rings. The predicted octanol–water partition coefficient (Wildman–Crippen LogP) is 2.36. The Morgan fingerprint density at radius 2 is 1.55 bits per heavy atom. The van der Waals surface area contributed by atoms with Crippen LogP contribution in [0.25, 0.3) is 5.76 Å². The van der Waals surface area contributed by atoms with Crippen LogP contribution in [0.4, 0.5) is 5.69 Å². The average molecular weight is 435 g/mol. The number of pyridine rings is 1. The number of benzene rings is 2. The summed E-state index contributed by atoms with van der Waals surface area (Å²) in [6.07, 6.45) is 3.03. The summed E-state index contributed by atoms with van der Waals surface area (Å²) in [4.78, 5) is 31.0. The second kappa shape index (κ2) is 7.78. The molecule has 4 rings (SSSR count). The van der Waals surface area contributed by atoms with Gasteiger partial charge in [-0.3, -0.25) is 19.5 Å². The van der Waals surface area contributed by atoms with E-state index in [-0.39, 0.29) is 21.9 Å². The van der Waals surface area contributed by atoms with Crippen LogP contribution in [0, 0.1) is 0 Å². The van der Waals surface area contributed by atoms with E-state index in [2.05, 4.69) is 4.98 Å². The number of aliphatic hydroxyl groups excluding tert-OH is 1. The van der Waals surface area contributed by atoms with Gasteiger partial charge in [-0.15, -0.1) is 0 Å². The fourth-order valence-electron chi connectivity index (χ4n) is 3.51. The summed E-state index contributed by atoms with van der Waals surface area (Å²) in [7, 11) is -3.92. The van der Waals surface area contributed by atoms with Gasteiger partial charge in [-0.2, -0.15) is 0 Å². The van der Waals surface area contributed by atoms with Gasteiger partial charge < -0.3 is 5.11 Å². The molecule has 1 aromatic heterocycles. The maximum Gasteiger partial charge on any atom is 0.300 e. The van der Waals surface area contributed by atoms with E-state index in [1.165, 1.54) is 41.6 Å². The number of nitrogens with two attached hydrogens (primary N) is 1. The molecule has 0 aliphatic carbocycles. The highest BCUT2D eigenvalue weighted by atomic mass is 32.2. The van der Waals surface area contributed by atoms with Gasteiger partial charge in [0.25, 0.3) is 11.7 Å². The van der Waals surface area contributed by atoms with Crippen LogP contribution >= 0.6 is 0 Å². The molecule has 3 N–H and O–H groups in total. The zero-order chi connectivity index (χ0) is 22.2. The van der Waals surface area contributed by atoms with Gasteiger partial charge in [0.1, 0.15) is 5.76 Å². The molecule has 0 radical (unpaired) electrons. The third-order valence-electron chi connectivity index (χ3n) is 4.96. The molecule has 1 atom stereocenters. The summed E-state index contributed by atoms with van der Waals surface area (Å²) < 4.78 is 23.1. The molecular weight excluding hydrogens is 418 g/mol. The number of carbonyl (C=O) groups is 2. The Balaban J connectivity index is 1.91. The minimum absolute atomic E-state index is 0.0714. The number of primary sulfonamides is 1. The molecule has 3 aromatic rings. The summed E-state index contributed by atoms with van der Waals surface area (Å²) in [5.41, 5.74) is 1.16. The minimum atomic E-state index is -3.92. The Morgan fingerprint density at radius 1 is 0.935 bits per heavy atom. The topological polar surface area (TPSA) is 131 Å². The Kier molecular flexibility index (Phi) is 5.14. The zero-order valence-electron chi connectivity index (χ0n) is 16.0. The molecule has 0 bridgehead atoms. The molecule has 0 saturated carbocycles. The first-order valence-electron chi connectivity index (χ1n) is 9.18. The third kappa shape index (κ3) is 3.72. The lowest BCUT2D eigenvalue weighted by Crippen LogP contribution is -2.29. The molecule has 2 aromatic carbocycles. The van der Waals surface area contributed by atoms with Gasteiger partial charge >= 0.3 is 0 Å². The first-order valence-corrected chi connectivity index (χ1v) is 10.7. The van der Waals surface area contributed by atoms with Crippen LogP contribution in [0.3, 0.4) is 0 Å². The standard InChI is InChI=1S/C22H17N3O5S/c23-31(29,30)17-8-6-16(7-9-17)25-19(14-10-12-24-13-11-14)18(21(27)22(25)28)20(26)15-4-2-1-3-5-15/h1-13,19,26H,(H2,23,29,30)/b20-18+. The predicted molar refractivity (Wildman–Crippen MR) is 113 cm³/mol. The van der Waals surface area contributed by atoms with Crippen molar-refractivity contribution in [2.45, 2.75) is 10.9 Å². The number of hydrogen-bond donors (Lipinski definition) is 2. The number of ketones is 1. The lowest BCUT2D eigenvalue weighted by molar-refractivity contribution is -0.132. The van der Waals surface area contributed by atoms with Crippen molar-refractivity contribution >= 4 is 33.2 Å². The fraction of sp³-hybridized carbons (Fsp3) is 0.0455. The average Bonchev–Trinajstić information content (AvgIpc) is 3.04. The second-order valence-electron chi connectivity index (χ2n) is 6.85. The van der Waals surface area contributed by atoms with Gasteiger partial charge in [0.05, 0.1) is 16.5 Å². The molecule has 0 spiro atoms. The highest BCUT2D eigenvalue weighted by Crippen LogP contribution is 2.42. The highest BCUT2D eigenvalue weighted by Gasteiger charge is 2.46. The summed E-state index contributed by atoms with van der Waals surface area (Å²) in [6, 6.07) is 16.1. The number of nitrogens with zero attached hydrogens (tertiary/aromatic N) is 2. The van der Waals surface area contributed by atoms with E-state index in [0.717, 1.165) is 0 Å². The first kappa shape index (κ1) is 20.5. The number of aliphatic hydroxyl groups is 1. The van der Waals surface area contributed by atoms with Crippen molar-refractivity contribution in [3.05, 3.63) is 95.8 Å². The van der Waals surface area contributed by atoms with E-state index < -0.39 is 27.8 Å². The lowest BCUT2D eigenvalue weighted by Gasteiger charge is -2.25. The van der Waals surface area contributed by atoms with Gasteiger partial charge in [-0.1, -0.05) is 30.3 Å². The van der Waals surface area contributed by atoms with Crippen LogP contribution in [0.2, 0.25) is 0 Å². The molecule has 1 amide bonds. The van der Waals surface area contributed by atoms with E-state index in [9.17, 15) is 23.1 Å². The molecule has 1 aliphatic heterocycles. The molecule has 31 heavy (non-hydrogen) atoms. The van der Waals surface area contributed by atoms with Gasteiger partial charge in [-0.25, -0.2) is 13.6 Å². The van der Waals surface area contributed by atoms with Gasteiger partial charge in [0, 0.05) is 23.6 Å². The summed E-state index contributed by atoms with van der Waals surface area (Å²) in [5.74, 6) is -1.99. The number of Topliss-reactive ketones (excluding diaryl/α,β-unsaturated/α-hetero) is 1. The number of hydrogen-bond acceptors (Lipinski definition) is 6. The molecule has 2 heterocycles. The van der Waals surface area contributed by atoms with E-state index in [0.29, 0.717) is 11.1 Å². The summed E-state index contributed by atoms with van der Waals surface area (Å²) >= 11 is 0. The fourth-order valence-corrected chi connectivity index (χ4v) is 4.02. The van der Waals surface area contributed by atoms with Crippen LogP contribution in [0.15, 0.2) is 89.6 Å². The number of amides is 1. The van der Waals surface area contributed by atoms with Gasteiger partial charge in [-0.05, 0) is 42.0 Å². The number of aromatic nitrogens is 1. The van der Waals surface area contributed by atoms with Crippen LogP contribution in [-0.2, 0) is 19.6 Å². The van der Waals surface area contributed by atoms with Crippen molar-refractivity contribution in [1.29, 1.82) is 0 Å². The Labute approximate surface area is 178 Å². The Bertz CT molecular complexity index is 1290. The quantitative estimate of drug-likeness (QED) is 0.367. The Morgan fingerprint density at radius 3 is 2.13 bits per heavy atom. The van der Waals surface area contributed by atoms with E-state index in [4.69, 9.17) is 5.14 Å². The van der Waals surface area contributed by atoms with Crippen molar-refractivity contribution in [3.63, 3.8) is 0 Å². The maximum atomic E-state index is 13.0. The number of anilines is 1. The first-order chi connectivity index (χ1) is 14.8. The van der Waals surface area contributed by atoms with Crippen molar-refractivity contribution in [2.24, 2.45) is 5.14 Å². The van der Waals surface area contributed by atoms with Crippen LogP contribution in [0.5, 0.6) is 0 Å². The SMILES string of the molecule is NS(=O)(=O)c1ccc(N2C(=O)C(=O)/C(=C(/O)c3ccccc3)C2c2ccncc2)cc1. The van der Waals surface area contributed by atoms with E-state index in [1.807, 2.05) is 0 Å². The highest BCUT2D eigenvalue weighted by molar-refractivity contribution is 7.89. The van der Waals surface area contributed by atoms with Crippen LogP contribution < -0.4 is 10.0 Å². The van der Waals surface area contributed by atoms with Gasteiger partial charge in [0.15, 0.2) is 0 Å². The normalized spacial score (nSPS) is 18.4. The molecule has 156 valence electrons. The number of carbonyl (C=O) groups excluding carboxylic acids is 2. The lowest BCUT2D eigenvalue weighted by atomic mass is 9.96. The zero-order valence-corrected chi connectivity index (χ0v) is 16.9. The Hall–Kier alpha value is -3.82.